The molecule has 0 unspecified atom stereocenters. The highest BCUT2D eigenvalue weighted by molar-refractivity contribution is 5.90. The van der Waals surface area contributed by atoms with Gasteiger partial charge in [0.25, 0.3) is 0 Å². The van der Waals surface area contributed by atoms with Crippen molar-refractivity contribution >= 4 is 5.78 Å². The summed E-state index contributed by atoms with van der Waals surface area (Å²) in [5, 5.41) is 0. The van der Waals surface area contributed by atoms with E-state index in [4.69, 9.17) is 4.74 Å². The molecular weight excluding hydrogens is 224 g/mol. The van der Waals surface area contributed by atoms with E-state index in [1.54, 1.807) is 14.0 Å². The van der Waals surface area contributed by atoms with Crippen LogP contribution in [0.2, 0.25) is 0 Å². The fourth-order valence-corrected chi connectivity index (χ4v) is 2.30. The van der Waals surface area contributed by atoms with Gasteiger partial charge < -0.3 is 4.74 Å². The minimum Gasteiger partial charge on any atom is -0.361 e. The third-order valence-corrected chi connectivity index (χ3v) is 3.16. The lowest BCUT2D eigenvalue weighted by molar-refractivity contribution is -0.135. The average molecular weight is 240 g/mol. The summed E-state index contributed by atoms with van der Waals surface area (Å²) < 4.78 is 5.62. The fraction of sp³-hybridized carbons (Fsp3) is 0.188. The van der Waals surface area contributed by atoms with Gasteiger partial charge in [-0.1, -0.05) is 60.7 Å². The van der Waals surface area contributed by atoms with Gasteiger partial charge in [0.2, 0.25) is 0 Å². The number of hydrogen-bond donors (Lipinski definition) is 0. The van der Waals surface area contributed by atoms with Crippen LogP contribution in [-0.2, 0) is 15.1 Å². The smallest absolute Gasteiger partial charge is 0.175 e. The Kier molecular flexibility index (Phi) is 3.58. The van der Waals surface area contributed by atoms with Crippen molar-refractivity contribution < 1.29 is 9.53 Å². The van der Waals surface area contributed by atoms with Crippen molar-refractivity contribution in [1.82, 2.24) is 0 Å². The normalized spacial score (nSPS) is 11.2. The second-order valence-electron chi connectivity index (χ2n) is 4.17. The molecule has 92 valence electrons. The minimum atomic E-state index is -1.01. The zero-order valence-corrected chi connectivity index (χ0v) is 10.6. The third-order valence-electron chi connectivity index (χ3n) is 3.16. The number of ketones is 1. The van der Waals surface area contributed by atoms with Gasteiger partial charge in [0, 0.05) is 7.11 Å². The van der Waals surface area contributed by atoms with E-state index in [1.807, 2.05) is 60.7 Å². The van der Waals surface area contributed by atoms with Crippen molar-refractivity contribution in [1.29, 1.82) is 0 Å². The largest absolute Gasteiger partial charge is 0.361 e. The zero-order valence-electron chi connectivity index (χ0n) is 10.6. The summed E-state index contributed by atoms with van der Waals surface area (Å²) in [5.74, 6) is -0.0256. The first-order chi connectivity index (χ1) is 8.71. The Morgan fingerprint density at radius 1 is 0.889 bits per heavy atom. The van der Waals surface area contributed by atoms with E-state index < -0.39 is 5.60 Å². The van der Waals surface area contributed by atoms with Gasteiger partial charge in [-0.2, -0.15) is 0 Å². The third kappa shape index (κ3) is 1.95. The summed E-state index contributed by atoms with van der Waals surface area (Å²) >= 11 is 0. The molecule has 0 saturated heterocycles. The summed E-state index contributed by atoms with van der Waals surface area (Å²) in [4.78, 5) is 12.2. The topological polar surface area (TPSA) is 26.3 Å². The lowest BCUT2D eigenvalue weighted by Crippen LogP contribution is -2.37. The van der Waals surface area contributed by atoms with Gasteiger partial charge in [0.1, 0.15) is 0 Å². The number of rotatable bonds is 4. The lowest BCUT2D eigenvalue weighted by atomic mass is 9.83. The minimum absolute atomic E-state index is 0.0256. The molecule has 0 amide bonds. The molecule has 0 heterocycles. The summed E-state index contributed by atoms with van der Waals surface area (Å²) in [7, 11) is 1.57. The zero-order chi connectivity index (χ0) is 13.0. The maximum absolute atomic E-state index is 12.2. The molecule has 0 N–H and O–H groups in total. The van der Waals surface area contributed by atoms with E-state index in [9.17, 15) is 4.79 Å². The molecule has 0 aliphatic heterocycles. The number of carbonyl (C=O) groups excluding carboxylic acids is 1. The number of Topliss-reactive ketones (excluding diaryl/α,β-unsaturated/α-hetero) is 1. The van der Waals surface area contributed by atoms with Crippen molar-refractivity contribution in [2.45, 2.75) is 12.5 Å². The van der Waals surface area contributed by atoms with E-state index in [0.717, 1.165) is 11.1 Å². The molecule has 0 fully saturated rings. The van der Waals surface area contributed by atoms with Crippen LogP contribution in [0.5, 0.6) is 0 Å². The molecule has 2 aromatic rings. The average Bonchev–Trinajstić information content (AvgIpc) is 2.42. The van der Waals surface area contributed by atoms with Crippen molar-refractivity contribution in [2.75, 3.05) is 7.11 Å². The van der Waals surface area contributed by atoms with Crippen LogP contribution in [0, 0.1) is 0 Å². The standard InChI is InChI=1S/C16H16O2/c1-13(17)16(18-2,14-9-5-3-6-10-14)15-11-7-4-8-12-15/h3-12H,1-2H3. The number of methoxy groups -OCH3 is 1. The maximum atomic E-state index is 12.2. The Morgan fingerprint density at radius 2 is 1.28 bits per heavy atom. The van der Waals surface area contributed by atoms with Gasteiger partial charge in [-0.05, 0) is 18.1 Å². The van der Waals surface area contributed by atoms with Crippen LogP contribution in [-0.4, -0.2) is 12.9 Å². The predicted molar refractivity (Wildman–Crippen MR) is 71.4 cm³/mol. The molecule has 2 nitrogen and oxygen atoms in total. The molecule has 2 rings (SSSR count). The summed E-state index contributed by atoms with van der Waals surface area (Å²) in [6.07, 6.45) is 0. The molecular formula is C16H16O2. The number of carbonyl (C=O) groups is 1. The van der Waals surface area contributed by atoms with Gasteiger partial charge in [-0.15, -0.1) is 0 Å². The molecule has 18 heavy (non-hydrogen) atoms. The van der Waals surface area contributed by atoms with Gasteiger partial charge in [0.05, 0.1) is 0 Å². The number of hydrogen-bond acceptors (Lipinski definition) is 2. The first-order valence-electron chi connectivity index (χ1n) is 5.89. The van der Waals surface area contributed by atoms with Crippen LogP contribution < -0.4 is 0 Å². The molecule has 0 aromatic heterocycles. The van der Waals surface area contributed by atoms with E-state index in [2.05, 4.69) is 0 Å². The Labute approximate surface area is 107 Å². The molecule has 0 spiro atoms. The molecule has 0 aliphatic rings. The summed E-state index contributed by atoms with van der Waals surface area (Å²) in [6.45, 7) is 1.56. The second kappa shape index (κ2) is 5.15. The van der Waals surface area contributed by atoms with Crippen LogP contribution in [0.25, 0.3) is 0 Å². The van der Waals surface area contributed by atoms with E-state index in [1.165, 1.54) is 0 Å². The SMILES string of the molecule is COC(C(C)=O)(c1ccccc1)c1ccccc1. The van der Waals surface area contributed by atoms with Crippen molar-refractivity contribution in [3.63, 3.8) is 0 Å². The van der Waals surface area contributed by atoms with Gasteiger partial charge >= 0.3 is 0 Å². The van der Waals surface area contributed by atoms with Crippen LogP contribution in [0.15, 0.2) is 60.7 Å². The molecule has 0 saturated carbocycles. The molecule has 0 atom stereocenters. The Hall–Kier alpha value is -1.93. The molecule has 0 bridgehead atoms. The first-order valence-corrected chi connectivity index (χ1v) is 5.89. The van der Waals surface area contributed by atoms with Gasteiger partial charge in [0.15, 0.2) is 11.4 Å². The summed E-state index contributed by atoms with van der Waals surface area (Å²) in [6, 6.07) is 19.2. The highest BCUT2D eigenvalue weighted by Crippen LogP contribution is 2.33. The first kappa shape index (κ1) is 12.5. The van der Waals surface area contributed by atoms with E-state index in [0.29, 0.717) is 0 Å². The highest BCUT2D eigenvalue weighted by atomic mass is 16.5. The fourth-order valence-electron chi connectivity index (χ4n) is 2.30. The van der Waals surface area contributed by atoms with Crippen molar-refractivity contribution in [3.05, 3.63) is 71.8 Å². The Bertz CT molecular complexity index is 478. The lowest BCUT2D eigenvalue weighted by Gasteiger charge is -2.30. The van der Waals surface area contributed by atoms with Crippen molar-refractivity contribution in [3.8, 4) is 0 Å². The monoisotopic (exact) mass is 240 g/mol. The molecule has 0 radical (unpaired) electrons. The number of ether oxygens (including phenoxy) is 1. The Morgan fingerprint density at radius 3 is 1.56 bits per heavy atom. The molecule has 2 aromatic carbocycles. The summed E-state index contributed by atoms with van der Waals surface area (Å²) in [5.41, 5.74) is 0.695. The van der Waals surface area contributed by atoms with E-state index >= 15 is 0 Å². The molecule has 0 aliphatic carbocycles. The van der Waals surface area contributed by atoms with Crippen LogP contribution in [0.3, 0.4) is 0 Å². The molecule has 2 heteroatoms. The second-order valence-corrected chi connectivity index (χ2v) is 4.17. The van der Waals surface area contributed by atoms with Crippen LogP contribution in [0.1, 0.15) is 18.1 Å². The highest BCUT2D eigenvalue weighted by Gasteiger charge is 2.39. The number of benzene rings is 2. The Balaban J connectivity index is 2.65. The van der Waals surface area contributed by atoms with Crippen LogP contribution >= 0.6 is 0 Å². The quantitative estimate of drug-likeness (QED) is 0.820. The van der Waals surface area contributed by atoms with Gasteiger partial charge in [-0.3, -0.25) is 4.79 Å². The predicted octanol–water partition coefficient (Wildman–Crippen LogP) is 3.17. The van der Waals surface area contributed by atoms with Crippen LogP contribution in [0.4, 0.5) is 0 Å². The van der Waals surface area contributed by atoms with Crippen molar-refractivity contribution in [2.24, 2.45) is 0 Å². The van der Waals surface area contributed by atoms with Gasteiger partial charge in [-0.25, -0.2) is 0 Å². The maximum Gasteiger partial charge on any atom is 0.175 e. The van der Waals surface area contributed by atoms with E-state index in [-0.39, 0.29) is 5.78 Å².